The van der Waals surface area contributed by atoms with Crippen molar-refractivity contribution in [2.75, 3.05) is 0 Å². The molecule has 0 aromatic carbocycles. The van der Waals surface area contributed by atoms with E-state index in [-0.39, 0.29) is 18.3 Å². The topological polar surface area (TPSA) is 27.7 Å². The Bertz CT molecular complexity index is 138. The first-order valence-corrected chi connectivity index (χ1v) is 7.91. The highest BCUT2D eigenvalue weighted by atomic mass is 28.3. The second-order valence-corrected chi connectivity index (χ2v) is 5.75. The first-order valence-electron chi connectivity index (χ1n) is 6.49. The van der Waals surface area contributed by atoms with Gasteiger partial charge < -0.3 is 13.3 Å². The first-order chi connectivity index (χ1) is 7.53. The van der Waals surface area contributed by atoms with Crippen LogP contribution in [-0.2, 0) is 13.3 Å². The van der Waals surface area contributed by atoms with Gasteiger partial charge in [0, 0.05) is 18.3 Å². The van der Waals surface area contributed by atoms with E-state index < -0.39 is 9.53 Å². The smallest absolute Gasteiger partial charge is 0.373 e. The van der Waals surface area contributed by atoms with Crippen LogP contribution < -0.4 is 0 Å². The van der Waals surface area contributed by atoms with Crippen molar-refractivity contribution in [1.29, 1.82) is 0 Å². The van der Waals surface area contributed by atoms with E-state index in [0.29, 0.717) is 0 Å². The lowest BCUT2D eigenvalue weighted by Gasteiger charge is -2.25. The summed E-state index contributed by atoms with van der Waals surface area (Å²) in [5.74, 6) is 0. The Kier molecular flexibility index (Phi) is 9.22. The predicted molar refractivity (Wildman–Crippen MR) is 69.7 cm³/mol. The zero-order valence-corrected chi connectivity index (χ0v) is 12.8. The average Bonchev–Trinajstić information content (AvgIpc) is 2.28. The van der Waals surface area contributed by atoms with E-state index in [1.807, 2.05) is 0 Å². The summed E-state index contributed by atoms with van der Waals surface area (Å²) in [7, 11) is -1.96. The molecule has 0 radical (unpaired) electrons. The van der Waals surface area contributed by atoms with E-state index in [1.54, 1.807) is 0 Å². The van der Waals surface area contributed by atoms with Gasteiger partial charge in [0.1, 0.15) is 0 Å². The highest BCUT2D eigenvalue weighted by molar-refractivity contribution is 6.36. The molecule has 0 aromatic rings. The van der Waals surface area contributed by atoms with E-state index in [2.05, 4.69) is 41.5 Å². The van der Waals surface area contributed by atoms with Crippen LogP contribution in [0.2, 0.25) is 0 Å². The van der Waals surface area contributed by atoms with Gasteiger partial charge in [0.05, 0.1) is 0 Å². The fourth-order valence-electron chi connectivity index (χ4n) is 0.954. The standard InChI is InChI=1S/C12H28O3Si/c1-7-10(4)13-16(14-11(5)8-2)15-12(6)9-3/h10-12,16H,7-9H2,1-6H3. The van der Waals surface area contributed by atoms with E-state index >= 15 is 0 Å². The largest absolute Gasteiger partial charge is 0.484 e. The molecule has 0 spiro atoms. The van der Waals surface area contributed by atoms with Crippen LogP contribution in [0.25, 0.3) is 0 Å². The maximum Gasteiger partial charge on any atom is 0.484 e. The average molecular weight is 248 g/mol. The van der Waals surface area contributed by atoms with Gasteiger partial charge in [-0.25, -0.2) is 0 Å². The van der Waals surface area contributed by atoms with Crippen molar-refractivity contribution in [3.8, 4) is 0 Å². The Balaban J connectivity index is 4.15. The van der Waals surface area contributed by atoms with Crippen molar-refractivity contribution in [3.63, 3.8) is 0 Å². The molecule has 0 aliphatic rings. The van der Waals surface area contributed by atoms with Crippen LogP contribution in [0.3, 0.4) is 0 Å². The van der Waals surface area contributed by atoms with Gasteiger partial charge in [0.2, 0.25) is 0 Å². The summed E-state index contributed by atoms with van der Waals surface area (Å²) in [6, 6.07) is 0. The second kappa shape index (κ2) is 9.16. The first kappa shape index (κ1) is 16.1. The minimum absolute atomic E-state index is 0.227. The maximum absolute atomic E-state index is 5.84. The lowest BCUT2D eigenvalue weighted by Crippen LogP contribution is -2.36. The van der Waals surface area contributed by atoms with Crippen LogP contribution >= 0.6 is 0 Å². The quantitative estimate of drug-likeness (QED) is 0.587. The summed E-state index contributed by atoms with van der Waals surface area (Å²) in [5.41, 5.74) is 0. The molecule has 0 bridgehead atoms. The fraction of sp³-hybridized carbons (Fsp3) is 1.00. The molecule has 3 unspecified atom stereocenters. The molecule has 3 nitrogen and oxygen atoms in total. The molecule has 16 heavy (non-hydrogen) atoms. The van der Waals surface area contributed by atoms with Crippen molar-refractivity contribution in [1.82, 2.24) is 0 Å². The fourth-order valence-corrected chi connectivity index (χ4v) is 2.86. The molecule has 3 atom stereocenters. The van der Waals surface area contributed by atoms with Gasteiger partial charge in [0.25, 0.3) is 0 Å². The highest BCUT2D eigenvalue weighted by Crippen LogP contribution is 2.09. The van der Waals surface area contributed by atoms with Crippen LogP contribution in [-0.4, -0.2) is 27.8 Å². The van der Waals surface area contributed by atoms with Crippen LogP contribution in [0, 0.1) is 0 Å². The normalized spacial score (nSPS) is 19.1. The third-order valence-electron chi connectivity index (χ3n) is 2.76. The van der Waals surface area contributed by atoms with Crippen molar-refractivity contribution in [2.24, 2.45) is 0 Å². The summed E-state index contributed by atoms with van der Waals surface area (Å²) in [6.07, 6.45) is 3.67. The molecule has 0 aliphatic heterocycles. The zero-order valence-electron chi connectivity index (χ0n) is 11.7. The molecule has 98 valence electrons. The Labute approximate surface area is 102 Å². The third kappa shape index (κ3) is 7.38. The molecular formula is C12H28O3Si. The third-order valence-corrected chi connectivity index (χ3v) is 4.82. The Hall–Kier alpha value is 0.0969. The van der Waals surface area contributed by atoms with Crippen LogP contribution in [0.5, 0.6) is 0 Å². The number of hydrogen-bond donors (Lipinski definition) is 0. The van der Waals surface area contributed by atoms with Gasteiger partial charge in [-0.2, -0.15) is 0 Å². The van der Waals surface area contributed by atoms with Gasteiger partial charge in [0.15, 0.2) is 0 Å². The van der Waals surface area contributed by atoms with Crippen molar-refractivity contribution < 1.29 is 13.3 Å². The van der Waals surface area contributed by atoms with E-state index in [9.17, 15) is 0 Å². The van der Waals surface area contributed by atoms with Gasteiger partial charge >= 0.3 is 9.53 Å². The molecule has 0 aromatic heterocycles. The molecule has 0 rings (SSSR count). The van der Waals surface area contributed by atoms with Gasteiger partial charge in [-0.15, -0.1) is 0 Å². The number of rotatable bonds is 9. The predicted octanol–water partition coefficient (Wildman–Crippen LogP) is 3.15. The van der Waals surface area contributed by atoms with Crippen LogP contribution in [0.1, 0.15) is 60.8 Å². The molecule has 0 saturated carbocycles. The van der Waals surface area contributed by atoms with Crippen molar-refractivity contribution in [3.05, 3.63) is 0 Å². The molecule has 0 saturated heterocycles. The molecule has 0 amide bonds. The van der Waals surface area contributed by atoms with Gasteiger partial charge in [-0.1, -0.05) is 20.8 Å². The lowest BCUT2D eigenvalue weighted by molar-refractivity contribution is 0.0181. The summed E-state index contributed by atoms with van der Waals surface area (Å²) < 4.78 is 17.5. The van der Waals surface area contributed by atoms with Crippen molar-refractivity contribution >= 4 is 9.53 Å². The summed E-state index contributed by atoms with van der Waals surface area (Å²) in [5, 5.41) is 0. The zero-order chi connectivity index (χ0) is 12.6. The van der Waals surface area contributed by atoms with E-state index in [1.165, 1.54) is 0 Å². The maximum atomic E-state index is 5.84. The molecule has 0 aliphatic carbocycles. The highest BCUT2D eigenvalue weighted by Gasteiger charge is 2.22. The molecule has 0 N–H and O–H groups in total. The lowest BCUT2D eigenvalue weighted by atomic mass is 10.3. The van der Waals surface area contributed by atoms with Crippen LogP contribution in [0.4, 0.5) is 0 Å². The molecular weight excluding hydrogens is 220 g/mol. The minimum atomic E-state index is -1.96. The Morgan fingerprint density at radius 2 is 0.938 bits per heavy atom. The summed E-state index contributed by atoms with van der Waals surface area (Å²) >= 11 is 0. The minimum Gasteiger partial charge on any atom is -0.373 e. The van der Waals surface area contributed by atoms with Crippen LogP contribution in [0.15, 0.2) is 0 Å². The van der Waals surface area contributed by atoms with E-state index in [0.717, 1.165) is 19.3 Å². The molecule has 4 heteroatoms. The second-order valence-electron chi connectivity index (χ2n) is 4.35. The Morgan fingerprint density at radius 3 is 1.12 bits per heavy atom. The monoisotopic (exact) mass is 248 g/mol. The molecule has 0 fully saturated rings. The van der Waals surface area contributed by atoms with Gasteiger partial charge in [-0.3, -0.25) is 0 Å². The Morgan fingerprint density at radius 1 is 0.688 bits per heavy atom. The number of hydrogen-bond acceptors (Lipinski definition) is 3. The summed E-state index contributed by atoms with van der Waals surface area (Å²) in [4.78, 5) is 0. The molecule has 0 heterocycles. The SMILES string of the molecule is CCC(C)O[SiH](OC(C)CC)OC(C)CC. The van der Waals surface area contributed by atoms with Gasteiger partial charge in [-0.05, 0) is 40.0 Å². The van der Waals surface area contributed by atoms with E-state index in [4.69, 9.17) is 13.3 Å². The van der Waals surface area contributed by atoms with Crippen molar-refractivity contribution in [2.45, 2.75) is 79.1 Å². The summed E-state index contributed by atoms with van der Waals surface area (Å²) in [6.45, 7) is 12.5.